The molecule has 25 heavy (non-hydrogen) atoms. The molecule has 0 aliphatic rings. The largest absolute Gasteiger partial charge is 0.302 e. The van der Waals surface area contributed by atoms with Gasteiger partial charge in [-0.15, -0.1) is 0 Å². The number of carbonyl (C=O) groups excluding carboxylic acids is 1. The summed E-state index contributed by atoms with van der Waals surface area (Å²) >= 11 is 1.52. The summed E-state index contributed by atoms with van der Waals surface area (Å²) in [6.07, 6.45) is 0.346. The molecule has 124 valence electrons. The van der Waals surface area contributed by atoms with Crippen LogP contribution in [0, 0.1) is 13.8 Å². The molecular formula is C21H18N2OS. The number of anilines is 1. The van der Waals surface area contributed by atoms with Gasteiger partial charge in [0.15, 0.2) is 5.13 Å². The van der Waals surface area contributed by atoms with Crippen LogP contribution in [-0.2, 0) is 11.2 Å². The molecule has 0 saturated heterocycles. The third kappa shape index (κ3) is 3.13. The van der Waals surface area contributed by atoms with Crippen molar-refractivity contribution >= 4 is 43.4 Å². The van der Waals surface area contributed by atoms with Crippen LogP contribution in [0.4, 0.5) is 5.13 Å². The predicted octanol–water partition coefficient (Wildman–Crippen LogP) is 5.25. The highest BCUT2D eigenvalue weighted by molar-refractivity contribution is 7.22. The number of nitrogens with zero attached hydrogens (tertiary/aromatic N) is 1. The van der Waals surface area contributed by atoms with Gasteiger partial charge in [-0.2, -0.15) is 0 Å². The molecule has 1 aromatic heterocycles. The highest BCUT2D eigenvalue weighted by Gasteiger charge is 2.11. The van der Waals surface area contributed by atoms with Crippen molar-refractivity contribution in [3.63, 3.8) is 0 Å². The fourth-order valence-corrected chi connectivity index (χ4v) is 3.92. The number of aryl methyl sites for hydroxylation is 2. The molecule has 1 N–H and O–H groups in total. The Hall–Kier alpha value is -2.72. The molecule has 1 heterocycles. The molecule has 0 atom stereocenters. The van der Waals surface area contributed by atoms with E-state index in [-0.39, 0.29) is 5.91 Å². The molecule has 1 amide bonds. The normalized spacial score (nSPS) is 11.1. The van der Waals surface area contributed by atoms with E-state index in [0.717, 1.165) is 21.2 Å². The third-order valence-electron chi connectivity index (χ3n) is 4.51. The molecule has 0 saturated carbocycles. The first-order valence-electron chi connectivity index (χ1n) is 8.24. The number of amides is 1. The van der Waals surface area contributed by atoms with Gasteiger partial charge in [0, 0.05) is 0 Å². The SMILES string of the molecule is Cc1ccc2sc(NC(=O)Cc3ccc4ccccc4c3)nc2c1C. The van der Waals surface area contributed by atoms with Crippen LogP contribution in [0.2, 0.25) is 0 Å². The second-order valence-electron chi connectivity index (χ2n) is 6.28. The van der Waals surface area contributed by atoms with Crippen molar-refractivity contribution in [2.75, 3.05) is 5.32 Å². The Morgan fingerprint density at radius 1 is 1.04 bits per heavy atom. The van der Waals surface area contributed by atoms with Crippen LogP contribution in [-0.4, -0.2) is 10.9 Å². The maximum absolute atomic E-state index is 12.4. The number of hydrogen-bond donors (Lipinski definition) is 1. The van der Waals surface area contributed by atoms with Crippen molar-refractivity contribution in [3.8, 4) is 0 Å². The Bertz CT molecular complexity index is 1100. The first-order valence-corrected chi connectivity index (χ1v) is 9.06. The van der Waals surface area contributed by atoms with Crippen molar-refractivity contribution in [1.29, 1.82) is 0 Å². The summed E-state index contributed by atoms with van der Waals surface area (Å²) in [6, 6.07) is 18.5. The number of thiazole rings is 1. The molecule has 0 aliphatic heterocycles. The molecule has 3 aromatic carbocycles. The minimum absolute atomic E-state index is 0.0382. The minimum atomic E-state index is -0.0382. The van der Waals surface area contributed by atoms with E-state index in [1.165, 1.54) is 27.8 Å². The average Bonchev–Trinajstić information content (AvgIpc) is 3.01. The van der Waals surface area contributed by atoms with Gasteiger partial charge in [0.05, 0.1) is 16.6 Å². The van der Waals surface area contributed by atoms with Crippen molar-refractivity contribution < 1.29 is 4.79 Å². The smallest absolute Gasteiger partial charge is 0.230 e. The van der Waals surface area contributed by atoms with Crippen LogP contribution in [0.1, 0.15) is 16.7 Å². The van der Waals surface area contributed by atoms with Crippen molar-refractivity contribution in [2.24, 2.45) is 0 Å². The van der Waals surface area contributed by atoms with Crippen LogP contribution in [0.5, 0.6) is 0 Å². The lowest BCUT2D eigenvalue weighted by atomic mass is 10.1. The summed E-state index contributed by atoms with van der Waals surface area (Å²) in [4.78, 5) is 17.0. The van der Waals surface area contributed by atoms with E-state index in [0.29, 0.717) is 11.6 Å². The van der Waals surface area contributed by atoms with Gasteiger partial charge in [-0.05, 0) is 47.4 Å². The van der Waals surface area contributed by atoms with Crippen LogP contribution in [0.3, 0.4) is 0 Å². The zero-order chi connectivity index (χ0) is 17.4. The molecule has 0 unspecified atom stereocenters. The van der Waals surface area contributed by atoms with E-state index in [2.05, 4.69) is 60.5 Å². The first kappa shape index (κ1) is 15.8. The van der Waals surface area contributed by atoms with Gasteiger partial charge in [-0.1, -0.05) is 59.9 Å². The van der Waals surface area contributed by atoms with Gasteiger partial charge in [0.1, 0.15) is 0 Å². The average molecular weight is 346 g/mol. The van der Waals surface area contributed by atoms with Crippen LogP contribution in [0.15, 0.2) is 54.6 Å². The summed E-state index contributed by atoms with van der Waals surface area (Å²) in [5.41, 5.74) is 4.37. The first-order chi connectivity index (χ1) is 12.1. The van der Waals surface area contributed by atoms with Crippen molar-refractivity contribution in [3.05, 3.63) is 71.3 Å². The summed E-state index contributed by atoms with van der Waals surface area (Å²) in [5, 5.41) is 5.94. The standard InChI is InChI=1S/C21H18N2OS/c1-13-7-10-18-20(14(13)2)23-21(25-18)22-19(24)12-15-8-9-16-5-3-4-6-17(16)11-15/h3-11H,12H2,1-2H3,(H,22,23,24). The lowest BCUT2D eigenvalue weighted by molar-refractivity contribution is -0.115. The lowest BCUT2D eigenvalue weighted by Crippen LogP contribution is -2.14. The Labute approximate surface area is 150 Å². The highest BCUT2D eigenvalue weighted by atomic mass is 32.1. The maximum Gasteiger partial charge on any atom is 0.230 e. The Kier molecular flexibility index (Phi) is 3.98. The number of aromatic nitrogens is 1. The molecule has 0 spiro atoms. The monoisotopic (exact) mass is 346 g/mol. The predicted molar refractivity (Wildman–Crippen MR) is 105 cm³/mol. The molecule has 3 nitrogen and oxygen atoms in total. The maximum atomic E-state index is 12.4. The van der Waals surface area contributed by atoms with Gasteiger partial charge >= 0.3 is 0 Å². The van der Waals surface area contributed by atoms with Gasteiger partial charge in [-0.25, -0.2) is 4.98 Å². The number of nitrogens with one attached hydrogen (secondary N) is 1. The third-order valence-corrected chi connectivity index (χ3v) is 5.45. The summed E-state index contributed by atoms with van der Waals surface area (Å²) in [7, 11) is 0. The van der Waals surface area contributed by atoms with E-state index in [4.69, 9.17) is 0 Å². The molecule has 4 rings (SSSR count). The van der Waals surface area contributed by atoms with E-state index in [1.54, 1.807) is 0 Å². The highest BCUT2D eigenvalue weighted by Crippen LogP contribution is 2.29. The number of fused-ring (bicyclic) bond motifs is 2. The number of carbonyl (C=O) groups is 1. The van der Waals surface area contributed by atoms with Crippen LogP contribution >= 0.6 is 11.3 Å². The van der Waals surface area contributed by atoms with Gasteiger partial charge in [0.25, 0.3) is 0 Å². The fourth-order valence-electron chi connectivity index (χ4n) is 2.98. The second kappa shape index (κ2) is 6.30. The quantitative estimate of drug-likeness (QED) is 0.551. The number of rotatable bonds is 3. The topological polar surface area (TPSA) is 42.0 Å². The van der Waals surface area contributed by atoms with Gasteiger partial charge in [0.2, 0.25) is 5.91 Å². The molecular weight excluding hydrogens is 328 g/mol. The van der Waals surface area contributed by atoms with Crippen LogP contribution < -0.4 is 5.32 Å². The molecule has 0 fully saturated rings. The molecule has 0 radical (unpaired) electrons. The Balaban J connectivity index is 1.54. The number of benzene rings is 3. The second-order valence-corrected chi connectivity index (χ2v) is 7.31. The number of hydrogen-bond acceptors (Lipinski definition) is 3. The molecule has 4 aromatic rings. The van der Waals surface area contributed by atoms with Gasteiger partial charge < -0.3 is 5.32 Å². The minimum Gasteiger partial charge on any atom is -0.302 e. The van der Waals surface area contributed by atoms with Crippen LogP contribution in [0.25, 0.3) is 21.0 Å². The zero-order valence-corrected chi connectivity index (χ0v) is 15.0. The van der Waals surface area contributed by atoms with Crippen molar-refractivity contribution in [1.82, 2.24) is 4.98 Å². The van der Waals surface area contributed by atoms with E-state index in [1.807, 2.05) is 18.2 Å². The Morgan fingerprint density at radius 2 is 1.84 bits per heavy atom. The van der Waals surface area contributed by atoms with Crippen molar-refractivity contribution in [2.45, 2.75) is 20.3 Å². The van der Waals surface area contributed by atoms with E-state index in [9.17, 15) is 4.79 Å². The summed E-state index contributed by atoms with van der Waals surface area (Å²) in [5.74, 6) is -0.0382. The summed E-state index contributed by atoms with van der Waals surface area (Å²) in [6.45, 7) is 4.14. The molecule has 4 heteroatoms. The molecule has 0 bridgehead atoms. The summed E-state index contributed by atoms with van der Waals surface area (Å²) < 4.78 is 1.10. The lowest BCUT2D eigenvalue weighted by Gasteiger charge is -2.04. The zero-order valence-electron chi connectivity index (χ0n) is 14.2. The fraction of sp³-hybridized carbons (Fsp3) is 0.143. The van der Waals surface area contributed by atoms with E-state index >= 15 is 0 Å². The van der Waals surface area contributed by atoms with Gasteiger partial charge in [-0.3, -0.25) is 4.79 Å². The Morgan fingerprint density at radius 3 is 2.68 bits per heavy atom. The van der Waals surface area contributed by atoms with E-state index < -0.39 is 0 Å². The molecule has 0 aliphatic carbocycles.